The van der Waals surface area contributed by atoms with Crippen LogP contribution < -0.4 is 10.6 Å². The van der Waals surface area contributed by atoms with Gasteiger partial charge in [-0.15, -0.1) is 0 Å². The lowest BCUT2D eigenvalue weighted by molar-refractivity contribution is -0.119. The third-order valence-corrected chi connectivity index (χ3v) is 2.22. The Morgan fingerprint density at radius 3 is 2.78 bits per heavy atom. The minimum Gasteiger partial charge on any atom is -0.375 e. The van der Waals surface area contributed by atoms with Crippen molar-refractivity contribution in [2.45, 2.75) is 13.3 Å². The van der Waals surface area contributed by atoms with Crippen LogP contribution in [0.1, 0.15) is 23.7 Å². The SMILES string of the molecule is CCCNC(=O)c1cccc(NC(=O)COC)c1. The second-order valence-electron chi connectivity index (χ2n) is 3.82. The van der Waals surface area contributed by atoms with E-state index in [0.29, 0.717) is 17.8 Å². The number of amides is 2. The van der Waals surface area contributed by atoms with E-state index in [1.807, 2.05) is 6.92 Å². The van der Waals surface area contributed by atoms with Crippen LogP contribution in [0, 0.1) is 0 Å². The predicted octanol–water partition coefficient (Wildman–Crippen LogP) is 1.41. The van der Waals surface area contributed by atoms with Crippen molar-refractivity contribution < 1.29 is 14.3 Å². The second kappa shape index (κ2) is 7.45. The van der Waals surface area contributed by atoms with Gasteiger partial charge in [0, 0.05) is 24.9 Å². The molecule has 0 aliphatic carbocycles. The summed E-state index contributed by atoms with van der Waals surface area (Å²) in [5, 5.41) is 5.43. The van der Waals surface area contributed by atoms with E-state index in [1.165, 1.54) is 7.11 Å². The topological polar surface area (TPSA) is 67.4 Å². The number of nitrogens with one attached hydrogen (secondary N) is 2. The van der Waals surface area contributed by atoms with Gasteiger partial charge in [-0.3, -0.25) is 9.59 Å². The molecule has 0 unspecified atom stereocenters. The van der Waals surface area contributed by atoms with Gasteiger partial charge in [-0.2, -0.15) is 0 Å². The maximum Gasteiger partial charge on any atom is 0.251 e. The molecule has 98 valence electrons. The molecule has 0 aliphatic rings. The first-order valence-corrected chi connectivity index (χ1v) is 5.84. The van der Waals surface area contributed by atoms with Crippen molar-refractivity contribution in [3.8, 4) is 0 Å². The lowest BCUT2D eigenvalue weighted by Crippen LogP contribution is -2.24. The fourth-order valence-corrected chi connectivity index (χ4v) is 1.41. The standard InChI is InChI=1S/C13H18N2O3/c1-3-7-14-13(17)10-5-4-6-11(8-10)15-12(16)9-18-2/h4-6,8H,3,7,9H2,1-2H3,(H,14,17)(H,15,16). The Bertz CT molecular complexity index is 418. The molecule has 0 fully saturated rings. The molecule has 1 aromatic carbocycles. The Morgan fingerprint density at radius 1 is 1.33 bits per heavy atom. The van der Waals surface area contributed by atoms with Crippen molar-refractivity contribution in [1.29, 1.82) is 0 Å². The van der Waals surface area contributed by atoms with E-state index >= 15 is 0 Å². The molecule has 0 radical (unpaired) electrons. The molecule has 0 saturated carbocycles. The molecular formula is C13H18N2O3. The number of anilines is 1. The first-order valence-electron chi connectivity index (χ1n) is 5.84. The number of hydrogen-bond acceptors (Lipinski definition) is 3. The van der Waals surface area contributed by atoms with Gasteiger partial charge in [0.2, 0.25) is 5.91 Å². The van der Waals surface area contributed by atoms with Crippen molar-refractivity contribution >= 4 is 17.5 Å². The summed E-state index contributed by atoms with van der Waals surface area (Å²) >= 11 is 0. The van der Waals surface area contributed by atoms with Crippen LogP contribution in [-0.2, 0) is 9.53 Å². The van der Waals surface area contributed by atoms with Gasteiger partial charge < -0.3 is 15.4 Å². The monoisotopic (exact) mass is 250 g/mol. The molecule has 5 heteroatoms. The number of benzene rings is 1. The summed E-state index contributed by atoms with van der Waals surface area (Å²) in [6.45, 7) is 2.62. The van der Waals surface area contributed by atoms with Crippen molar-refractivity contribution in [3.63, 3.8) is 0 Å². The highest BCUT2D eigenvalue weighted by Crippen LogP contribution is 2.10. The highest BCUT2D eigenvalue weighted by Gasteiger charge is 2.06. The Balaban J connectivity index is 2.67. The van der Waals surface area contributed by atoms with Crippen LogP contribution in [0.5, 0.6) is 0 Å². The van der Waals surface area contributed by atoms with E-state index in [-0.39, 0.29) is 18.4 Å². The Labute approximate surface area is 107 Å². The van der Waals surface area contributed by atoms with Gasteiger partial charge in [0.15, 0.2) is 0 Å². The van der Waals surface area contributed by atoms with Gasteiger partial charge in [0.1, 0.15) is 6.61 Å². The Kier molecular flexibility index (Phi) is 5.87. The van der Waals surface area contributed by atoms with E-state index in [9.17, 15) is 9.59 Å². The lowest BCUT2D eigenvalue weighted by atomic mass is 10.2. The zero-order chi connectivity index (χ0) is 13.4. The Hall–Kier alpha value is -1.88. The predicted molar refractivity (Wildman–Crippen MR) is 69.6 cm³/mol. The van der Waals surface area contributed by atoms with Gasteiger partial charge in [-0.1, -0.05) is 13.0 Å². The molecule has 0 aromatic heterocycles. The van der Waals surface area contributed by atoms with E-state index in [0.717, 1.165) is 6.42 Å². The fraction of sp³-hybridized carbons (Fsp3) is 0.385. The minimum absolute atomic E-state index is 0.00768. The summed E-state index contributed by atoms with van der Waals surface area (Å²) in [6.07, 6.45) is 0.885. The number of methoxy groups -OCH3 is 1. The average Bonchev–Trinajstić information content (AvgIpc) is 2.36. The maximum atomic E-state index is 11.7. The zero-order valence-electron chi connectivity index (χ0n) is 10.7. The second-order valence-corrected chi connectivity index (χ2v) is 3.82. The van der Waals surface area contributed by atoms with Crippen molar-refractivity contribution in [2.75, 3.05) is 25.6 Å². The van der Waals surface area contributed by atoms with Gasteiger partial charge in [-0.05, 0) is 24.6 Å². The number of carbonyl (C=O) groups excluding carboxylic acids is 2. The molecule has 2 N–H and O–H groups in total. The Morgan fingerprint density at radius 2 is 2.11 bits per heavy atom. The summed E-state index contributed by atoms with van der Waals surface area (Å²) in [7, 11) is 1.45. The normalized spacial score (nSPS) is 9.89. The highest BCUT2D eigenvalue weighted by atomic mass is 16.5. The number of rotatable bonds is 6. The smallest absolute Gasteiger partial charge is 0.251 e. The summed E-state index contributed by atoms with van der Waals surface area (Å²) in [4.78, 5) is 23.0. The molecule has 0 aliphatic heterocycles. The van der Waals surface area contributed by atoms with E-state index in [2.05, 4.69) is 10.6 Å². The largest absolute Gasteiger partial charge is 0.375 e. The molecular weight excluding hydrogens is 232 g/mol. The average molecular weight is 250 g/mol. The highest BCUT2D eigenvalue weighted by molar-refractivity contribution is 5.97. The molecule has 2 amide bonds. The van der Waals surface area contributed by atoms with Crippen LogP contribution in [-0.4, -0.2) is 32.1 Å². The third kappa shape index (κ3) is 4.55. The summed E-state index contributed by atoms with van der Waals surface area (Å²) in [5.41, 5.74) is 1.11. The van der Waals surface area contributed by atoms with Gasteiger partial charge in [-0.25, -0.2) is 0 Å². The number of carbonyl (C=O) groups is 2. The molecule has 18 heavy (non-hydrogen) atoms. The molecule has 1 aromatic rings. The van der Waals surface area contributed by atoms with Crippen LogP contribution in [0.3, 0.4) is 0 Å². The van der Waals surface area contributed by atoms with Crippen molar-refractivity contribution in [1.82, 2.24) is 5.32 Å². The van der Waals surface area contributed by atoms with E-state index in [4.69, 9.17) is 4.74 Å². The molecule has 0 spiro atoms. The summed E-state index contributed by atoms with van der Waals surface area (Å²) in [5.74, 6) is -0.386. The van der Waals surface area contributed by atoms with Crippen LogP contribution in [0.4, 0.5) is 5.69 Å². The molecule has 0 atom stereocenters. The van der Waals surface area contributed by atoms with Crippen LogP contribution in [0.15, 0.2) is 24.3 Å². The number of hydrogen-bond donors (Lipinski definition) is 2. The van der Waals surface area contributed by atoms with E-state index < -0.39 is 0 Å². The quantitative estimate of drug-likeness (QED) is 0.802. The minimum atomic E-state index is -0.247. The van der Waals surface area contributed by atoms with Crippen LogP contribution in [0.2, 0.25) is 0 Å². The van der Waals surface area contributed by atoms with Crippen molar-refractivity contribution in [2.24, 2.45) is 0 Å². The first-order chi connectivity index (χ1) is 8.67. The summed E-state index contributed by atoms with van der Waals surface area (Å²) in [6, 6.07) is 6.79. The number of ether oxygens (including phenoxy) is 1. The lowest BCUT2D eigenvalue weighted by Gasteiger charge is -2.07. The van der Waals surface area contributed by atoms with Gasteiger partial charge >= 0.3 is 0 Å². The molecule has 0 saturated heterocycles. The maximum absolute atomic E-state index is 11.7. The van der Waals surface area contributed by atoms with Gasteiger partial charge in [0.25, 0.3) is 5.91 Å². The van der Waals surface area contributed by atoms with Crippen LogP contribution in [0.25, 0.3) is 0 Å². The molecule has 0 bridgehead atoms. The van der Waals surface area contributed by atoms with Crippen LogP contribution >= 0.6 is 0 Å². The molecule has 5 nitrogen and oxygen atoms in total. The first kappa shape index (κ1) is 14.2. The van der Waals surface area contributed by atoms with Gasteiger partial charge in [0.05, 0.1) is 0 Å². The fourth-order valence-electron chi connectivity index (χ4n) is 1.41. The third-order valence-electron chi connectivity index (χ3n) is 2.22. The molecule has 0 heterocycles. The summed E-state index contributed by atoms with van der Waals surface area (Å²) < 4.78 is 4.72. The molecule has 1 rings (SSSR count). The zero-order valence-corrected chi connectivity index (χ0v) is 10.7. The van der Waals surface area contributed by atoms with E-state index in [1.54, 1.807) is 24.3 Å². The van der Waals surface area contributed by atoms with Crippen molar-refractivity contribution in [3.05, 3.63) is 29.8 Å².